The van der Waals surface area contributed by atoms with Crippen LogP contribution in [0, 0.1) is 0 Å². The average Bonchev–Trinajstić information content (AvgIpc) is 2.53. The van der Waals surface area contributed by atoms with Crippen LogP contribution in [0.2, 0.25) is 5.28 Å². The first kappa shape index (κ1) is 9.30. The van der Waals surface area contributed by atoms with E-state index in [1.807, 2.05) is 11.8 Å². The van der Waals surface area contributed by atoms with Crippen LogP contribution >= 0.6 is 23.4 Å². The first-order valence-corrected chi connectivity index (χ1v) is 5.66. The van der Waals surface area contributed by atoms with E-state index in [1.54, 1.807) is 0 Å². The number of halogens is 1. The van der Waals surface area contributed by atoms with Gasteiger partial charge in [0.05, 0.1) is 6.04 Å². The fourth-order valence-electron chi connectivity index (χ4n) is 1.38. The molecule has 72 valence electrons. The molecule has 13 heavy (non-hydrogen) atoms. The van der Waals surface area contributed by atoms with Crippen molar-refractivity contribution in [1.29, 1.82) is 0 Å². The first-order chi connectivity index (χ1) is 6.27. The molecule has 1 aliphatic heterocycles. The van der Waals surface area contributed by atoms with Gasteiger partial charge in [-0.05, 0) is 18.6 Å². The van der Waals surface area contributed by atoms with E-state index < -0.39 is 0 Å². The van der Waals surface area contributed by atoms with E-state index in [0.29, 0.717) is 11.3 Å². The second-order valence-corrected chi connectivity index (χ2v) is 4.55. The number of nitrogens with zero attached hydrogens (tertiary/aromatic N) is 3. The maximum atomic E-state index is 5.65. The molecule has 1 aromatic rings. The fraction of sp³-hybridized carbons (Fsp3) is 0.714. The Labute approximate surface area is 86.1 Å². The second-order valence-electron chi connectivity index (χ2n) is 3.06. The van der Waals surface area contributed by atoms with E-state index in [2.05, 4.69) is 27.1 Å². The van der Waals surface area contributed by atoms with Gasteiger partial charge in [-0.1, -0.05) is 0 Å². The molecular formula is C7H11ClN4S. The monoisotopic (exact) mass is 218 g/mol. The predicted molar refractivity (Wildman–Crippen MR) is 54.1 cm³/mol. The van der Waals surface area contributed by atoms with Crippen molar-refractivity contribution in [2.45, 2.75) is 6.04 Å². The van der Waals surface area contributed by atoms with Crippen molar-refractivity contribution in [3.63, 3.8) is 0 Å². The van der Waals surface area contributed by atoms with Crippen molar-refractivity contribution in [2.75, 3.05) is 25.1 Å². The van der Waals surface area contributed by atoms with Crippen molar-refractivity contribution in [3.8, 4) is 0 Å². The van der Waals surface area contributed by atoms with Crippen molar-refractivity contribution >= 4 is 23.4 Å². The summed E-state index contributed by atoms with van der Waals surface area (Å²) in [4.78, 5) is 6.40. The zero-order valence-electron chi connectivity index (χ0n) is 7.33. The maximum absolute atomic E-state index is 5.65. The molecule has 4 nitrogen and oxygen atoms in total. The number of aromatic amines is 1. The van der Waals surface area contributed by atoms with Crippen molar-refractivity contribution in [3.05, 3.63) is 11.1 Å². The SMILES string of the molecule is CN1CCSCC1c1nc(Cl)n[nH]1. The molecule has 2 rings (SSSR count). The zero-order valence-corrected chi connectivity index (χ0v) is 8.90. The summed E-state index contributed by atoms with van der Waals surface area (Å²) in [5.74, 6) is 3.12. The minimum Gasteiger partial charge on any atom is -0.295 e. The molecule has 0 bridgehead atoms. The third kappa shape index (κ3) is 1.98. The van der Waals surface area contributed by atoms with Crippen LogP contribution in [0.1, 0.15) is 11.9 Å². The average molecular weight is 219 g/mol. The number of thioether (sulfide) groups is 1. The smallest absolute Gasteiger partial charge is 0.242 e. The molecule has 6 heteroatoms. The summed E-state index contributed by atoms with van der Waals surface area (Å²) < 4.78 is 0. The Morgan fingerprint density at radius 1 is 1.69 bits per heavy atom. The summed E-state index contributed by atoms with van der Waals surface area (Å²) in [5.41, 5.74) is 0. The Morgan fingerprint density at radius 2 is 2.54 bits per heavy atom. The molecule has 0 radical (unpaired) electrons. The molecule has 1 aromatic heterocycles. The number of aromatic nitrogens is 3. The number of rotatable bonds is 1. The third-order valence-electron chi connectivity index (χ3n) is 2.19. The van der Waals surface area contributed by atoms with Crippen LogP contribution in [0.3, 0.4) is 0 Å². The van der Waals surface area contributed by atoms with Crippen molar-refractivity contribution in [1.82, 2.24) is 20.1 Å². The van der Waals surface area contributed by atoms with Crippen LogP contribution < -0.4 is 0 Å². The number of nitrogens with one attached hydrogen (secondary N) is 1. The minimum atomic E-state index is 0.305. The van der Waals surface area contributed by atoms with E-state index in [9.17, 15) is 0 Å². The Morgan fingerprint density at radius 3 is 3.15 bits per heavy atom. The van der Waals surface area contributed by atoms with Gasteiger partial charge in [0.2, 0.25) is 5.28 Å². The highest BCUT2D eigenvalue weighted by atomic mass is 35.5. The highest BCUT2D eigenvalue weighted by Gasteiger charge is 2.23. The lowest BCUT2D eigenvalue weighted by molar-refractivity contribution is 0.265. The molecule has 1 saturated heterocycles. The highest BCUT2D eigenvalue weighted by molar-refractivity contribution is 7.99. The lowest BCUT2D eigenvalue weighted by Gasteiger charge is -2.30. The van der Waals surface area contributed by atoms with Crippen molar-refractivity contribution < 1.29 is 0 Å². The van der Waals surface area contributed by atoms with Gasteiger partial charge in [0, 0.05) is 18.1 Å². The first-order valence-electron chi connectivity index (χ1n) is 4.13. The molecule has 0 amide bonds. The summed E-state index contributed by atoms with van der Waals surface area (Å²) in [7, 11) is 2.10. The van der Waals surface area contributed by atoms with Crippen LogP contribution in [-0.2, 0) is 0 Å². The molecule has 0 aliphatic carbocycles. The molecule has 1 N–H and O–H groups in total. The largest absolute Gasteiger partial charge is 0.295 e. The van der Waals surface area contributed by atoms with Gasteiger partial charge in [-0.2, -0.15) is 11.8 Å². The maximum Gasteiger partial charge on any atom is 0.242 e. The lowest BCUT2D eigenvalue weighted by Crippen LogP contribution is -2.33. The fourth-order valence-corrected chi connectivity index (χ4v) is 2.73. The Bertz CT molecular complexity index is 290. The van der Waals surface area contributed by atoms with Crippen LogP contribution in [0.25, 0.3) is 0 Å². The molecular weight excluding hydrogens is 208 g/mol. The lowest BCUT2D eigenvalue weighted by atomic mass is 10.3. The van der Waals surface area contributed by atoms with Gasteiger partial charge in [-0.3, -0.25) is 10.00 Å². The van der Waals surface area contributed by atoms with E-state index in [0.717, 1.165) is 18.1 Å². The Balaban J connectivity index is 2.14. The van der Waals surface area contributed by atoms with Crippen LogP contribution in [0.5, 0.6) is 0 Å². The summed E-state index contributed by atoms with van der Waals surface area (Å²) in [6, 6.07) is 0.332. The molecule has 1 fully saturated rings. The second kappa shape index (κ2) is 3.86. The van der Waals surface area contributed by atoms with Gasteiger partial charge in [0.25, 0.3) is 0 Å². The van der Waals surface area contributed by atoms with Gasteiger partial charge >= 0.3 is 0 Å². The summed E-state index contributed by atoms with van der Waals surface area (Å²) >= 11 is 7.59. The number of hydrogen-bond acceptors (Lipinski definition) is 4. The van der Waals surface area contributed by atoms with Gasteiger partial charge in [0.1, 0.15) is 5.82 Å². The Hall–Kier alpha value is -0.260. The van der Waals surface area contributed by atoms with Crippen LogP contribution in [0.4, 0.5) is 0 Å². The van der Waals surface area contributed by atoms with Crippen LogP contribution in [-0.4, -0.2) is 45.2 Å². The standard InChI is InChI=1S/C7H11ClN4S/c1-12-2-3-13-4-5(12)6-9-7(8)11-10-6/h5H,2-4H2,1H3,(H,9,10,11). The number of H-pyrrole nitrogens is 1. The van der Waals surface area contributed by atoms with Gasteiger partial charge in [-0.25, -0.2) is 4.98 Å². The predicted octanol–water partition coefficient (Wildman–Crippen LogP) is 1.18. The minimum absolute atomic E-state index is 0.305. The zero-order chi connectivity index (χ0) is 9.26. The molecule has 1 aliphatic rings. The molecule has 0 aromatic carbocycles. The summed E-state index contributed by atoms with van der Waals surface area (Å²) in [6.07, 6.45) is 0. The molecule has 2 heterocycles. The van der Waals surface area contributed by atoms with E-state index >= 15 is 0 Å². The van der Waals surface area contributed by atoms with Gasteiger partial charge in [0.15, 0.2) is 0 Å². The van der Waals surface area contributed by atoms with E-state index in [-0.39, 0.29) is 0 Å². The topological polar surface area (TPSA) is 44.8 Å². The van der Waals surface area contributed by atoms with Gasteiger partial charge in [-0.15, -0.1) is 5.10 Å². The summed E-state index contributed by atoms with van der Waals surface area (Å²) in [5, 5.41) is 6.98. The normalized spacial score (nSPS) is 24.9. The molecule has 1 unspecified atom stereocenters. The number of hydrogen-bond donors (Lipinski definition) is 1. The van der Waals surface area contributed by atoms with E-state index in [4.69, 9.17) is 11.6 Å². The third-order valence-corrected chi connectivity index (χ3v) is 3.38. The Kier molecular flexibility index (Phi) is 2.76. The van der Waals surface area contributed by atoms with Crippen LogP contribution in [0.15, 0.2) is 0 Å². The highest BCUT2D eigenvalue weighted by Crippen LogP contribution is 2.25. The molecule has 1 atom stereocenters. The quantitative estimate of drug-likeness (QED) is 0.769. The van der Waals surface area contributed by atoms with E-state index in [1.165, 1.54) is 5.75 Å². The molecule has 0 spiro atoms. The van der Waals surface area contributed by atoms with Gasteiger partial charge < -0.3 is 0 Å². The molecule has 0 saturated carbocycles. The summed E-state index contributed by atoms with van der Waals surface area (Å²) in [6.45, 7) is 1.09. The van der Waals surface area contributed by atoms with Crippen molar-refractivity contribution in [2.24, 2.45) is 0 Å².